The highest BCUT2D eigenvalue weighted by Crippen LogP contribution is 2.31. The zero-order valence-electron chi connectivity index (χ0n) is 12.4. The fourth-order valence-electron chi connectivity index (χ4n) is 1.93. The average Bonchev–Trinajstić information content (AvgIpc) is 3.26. The highest BCUT2D eigenvalue weighted by Gasteiger charge is 2.15. The third-order valence-corrected chi connectivity index (χ3v) is 3.05. The number of nitrogens with zero attached hydrogens (tertiary/aromatic N) is 3. The van der Waals surface area contributed by atoms with E-state index in [0.29, 0.717) is 22.9 Å². The Morgan fingerprint density at radius 3 is 2.83 bits per heavy atom. The van der Waals surface area contributed by atoms with Crippen LogP contribution in [0.25, 0.3) is 11.4 Å². The van der Waals surface area contributed by atoms with Gasteiger partial charge >= 0.3 is 0 Å². The van der Waals surface area contributed by atoms with Crippen LogP contribution in [0.2, 0.25) is 0 Å². The Balaban J connectivity index is 1.83. The first-order valence-electron chi connectivity index (χ1n) is 6.58. The molecule has 0 saturated heterocycles. The molecule has 2 N–H and O–H groups in total. The Bertz CT molecular complexity index is 812. The molecule has 0 fully saturated rings. The molecular formula is C14H13N5O4. The van der Waals surface area contributed by atoms with Gasteiger partial charge in [-0.25, -0.2) is 0 Å². The summed E-state index contributed by atoms with van der Waals surface area (Å²) in [5, 5.41) is 12.7. The second kappa shape index (κ2) is 6.18. The lowest BCUT2D eigenvalue weighted by molar-refractivity contribution is 0.101. The SMILES string of the molecule is COc1ccc(-c2nc(NC(=O)c3ccon3)n[nH]2)c(OC)c1. The number of amides is 1. The topological polar surface area (TPSA) is 115 Å². The van der Waals surface area contributed by atoms with Crippen LogP contribution in [0.1, 0.15) is 10.5 Å². The fourth-order valence-corrected chi connectivity index (χ4v) is 1.93. The van der Waals surface area contributed by atoms with Crippen LogP contribution < -0.4 is 14.8 Å². The fraction of sp³-hybridized carbons (Fsp3) is 0.143. The van der Waals surface area contributed by atoms with Gasteiger partial charge in [0.1, 0.15) is 17.8 Å². The maximum Gasteiger partial charge on any atom is 0.280 e. The zero-order chi connectivity index (χ0) is 16.2. The Hall–Kier alpha value is -3.36. The third-order valence-electron chi connectivity index (χ3n) is 3.05. The van der Waals surface area contributed by atoms with Gasteiger partial charge in [0.05, 0.1) is 19.8 Å². The summed E-state index contributed by atoms with van der Waals surface area (Å²) in [7, 11) is 3.11. The number of carbonyl (C=O) groups excluding carboxylic acids is 1. The highest BCUT2D eigenvalue weighted by atomic mass is 16.5. The van der Waals surface area contributed by atoms with Crippen molar-refractivity contribution in [2.45, 2.75) is 0 Å². The number of hydrogen-bond donors (Lipinski definition) is 2. The van der Waals surface area contributed by atoms with Gasteiger partial charge < -0.3 is 14.0 Å². The first-order chi connectivity index (χ1) is 11.2. The van der Waals surface area contributed by atoms with E-state index in [4.69, 9.17) is 9.47 Å². The van der Waals surface area contributed by atoms with Gasteiger partial charge in [0, 0.05) is 12.1 Å². The van der Waals surface area contributed by atoms with E-state index >= 15 is 0 Å². The van der Waals surface area contributed by atoms with Crippen molar-refractivity contribution in [3.63, 3.8) is 0 Å². The normalized spacial score (nSPS) is 10.3. The first kappa shape index (κ1) is 14.6. The summed E-state index contributed by atoms with van der Waals surface area (Å²) in [6, 6.07) is 6.72. The first-order valence-corrected chi connectivity index (χ1v) is 6.58. The summed E-state index contributed by atoms with van der Waals surface area (Å²) in [5.74, 6) is 1.32. The van der Waals surface area contributed by atoms with Crippen LogP contribution in [-0.4, -0.2) is 40.5 Å². The van der Waals surface area contributed by atoms with Crippen molar-refractivity contribution in [3.05, 3.63) is 36.2 Å². The second-order valence-electron chi connectivity index (χ2n) is 4.41. The molecule has 0 aliphatic carbocycles. The van der Waals surface area contributed by atoms with Crippen LogP contribution in [0.3, 0.4) is 0 Å². The van der Waals surface area contributed by atoms with E-state index in [-0.39, 0.29) is 11.6 Å². The standard InChI is InChI=1S/C14H13N5O4/c1-21-8-3-4-9(11(7-8)22-2)12-15-14(18-17-12)16-13(20)10-5-6-23-19-10/h3-7H,1-2H3,(H2,15,16,17,18,20). The number of benzene rings is 1. The lowest BCUT2D eigenvalue weighted by atomic mass is 10.2. The number of carbonyl (C=O) groups is 1. The summed E-state index contributed by atoms with van der Waals surface area (Å²) >= 11 is 0. The minimum atomic E-state index is -0.467. The number of ether oxygens (including phenoxy) is 2. The molecule has 1 aromatic carbocycles. The largest absolute Gasteiger partial charge is 0.497 e. The van der Waals surface area contributed by atoms with Gasteiger partial charge in [-0.15, -0.1) is 5.10 Å². The molecule has 9 nitrogen and oxygen atoms in total. The summed E-state index contributed by atoms with van der Waals surface area (Å²) in [5.41, 5.74) is 0.820. The van der Waals surface area contributed by atoms with Crippen LogP contribution in [0.5, 0.6) is 11.5 Å². The molecule has 0 bridgehead atoms. The lowest BCUT2D eigenvalue weighted by Crippen LogP contribution is -2.13. The molecule has 9 heteroatoms. The molecule has 0 aliphatic heterocycles. The van der Waals surface area contributed by atoms with Gasteiger partial charge in [-0.1, -0.05) is 5.16 Å². The van der Waals surface area contributed by atoms with Gasteiger partial charge in [-0.2, -0.15) is 4.98 Å². The number of H-pyrrole nitrogens is 1. The van der Waals surface area contributed by atoms with E-state index in [1.807, 2.05) is 0 Å². The van der Waals surface area contributed by atoms with Crippen molar-refractivity contribution >= 4 is 11.9 Å². The summed E-state index contributed by atoms with van der Waals surface area (Å²) in [6.45, 7) is 0. The van der Waals surface area contributed by atoms with Crippen molar-refractivity contribution in [2.24, 2.45) is 0 Å². The van der Waals surface area contributed by atoms with E-state index in [9.17, 15) is 4.79 Å². The third kappa shape index (κ3) is 2.98. The average molecular weight is 315 g/mol. The maximum absolute atomic E-state index is 11.9. The highest BCUT2D eigenvalue weighted by molar-refractivity contribution is 6.01. The molecule has 0 unspecified atom stereocenters. The van der Waals surface area contributed by atoms with Gasteiger partial charge in [-0.3, -0.25) is 15.2 Å². The van der Waals surface area contributed by atoms with Gasteiger partial charge in [0.2, 0.25) is 5.95 Å². The molecule has 3 aromatic rings. The number of hydrogen-bond acceptors (Lipinski definition) is 7. The second-order valence-corrected chi connectivity index (χ2v) is 4.41. The molecule has 0 aliphatic rings. The van der Waals surface area contributed by atoms with E-state index < -0.39 is 5.91 Å². The van der Waals surface area contributed by atoms with Crippen LogP contribution >= 0.6 is 0 Å². The molecule has 2 aromatic heterocycles. The van der Waals surface area contributed by atoms with Crippen LogP contribution in [0.15, 0.2) is 35.1 Å². The predicted molar refractivity (Wildman–Crippen MR) is 79.4 cm³/mol. The molecule has 23 heavy (non-hydrogen) atoms. The zero-order valence-corrected chi connectivity index (χ0v) is 12.4. The number of nitrogens with one attached hydrogen (secondary N) is 2. The molecule has 0 spiro atoms. The van der Waals surface area contributed by atoms with Crippen LogP contribution in [0, 0.1) is 0 Å². The van der Waals surface area contributed by atoms with Gasteiger partial charge in [0.25, 0.3) is 5.91 Å². The Morgan fingerprint density at radius 2 is 2.13 bits per heavy atom. The van der Waals surface area contributed by atoms with Crippen molar-refractivity contribution < 1.29 is 18.8 Å². The summed E-state index contributed by atoms with van der Waals surface area (Å²) < 4.78 is 15.1. The molecule has 1 amide bonds. The van der Waals surface area contributed by atoms with Crippen molar-refractivity contribution in [2.75, 3.05) is 19.5 Å². The van der Waals surface area contributed by atoms with Crippen molar-refractivity contribution in [3.8, 4) is 22.9 Å². The van der Waals surface area contributed by atoms with Crippen LogP contribution in [0.4, 0.5) is 5.95 Å². The minimum absolute atomic E-state index is 0.117. The van der Waals surface area contributed by atoms with Crippen LogP contribution in [-0.2, 0) is 0 Å². The molecule has 0 atom stereocenters. The van der Waals surface area contributed by atoms with Crippen molar-refractivity contribution in [1.29, 1.82) is 0 Å². The van der Waals surface area contributed by atoms with E-state index in [1.165, 1.54) is 12.3 Å². The number of aromatic amines is 1. The monoisotopic (exact) mass is 315 g/mol. The molecule has 3 rings (SSSR count). The van der Waals surface area contributed by atoms with Gasteiger partial charge in [0.15, 0.2) is 11.5 Å². The van der Waals surface area contributed by atoms with Gasteiger partial charge in [-0.05, 0) is 12.1 Å². The van der Waals surface area contributed by atoms with Crippen molar-refractivity contribution in [1.82, 2.24) is 20.3 Å². The maximum atomic E-state index is 11.9. The number of methoxy groups -OCH3 is 2. The number of aromatic nitrogens is 4. The number of anilines is 1. The Morgan fingerprint density at radius 1 is 1.26 bits per heavy atom. The molecule has 0 saturated carbocycles. The van der Waals surface area contributed by atoms with E-state index in [2.05, 4.69) is 30.2 Å². The molecule has 0 radical (unpaired) electrons. The molecular weight excluding hydrogens is 302 g/mol. The Kier molecular flexibility index (Phi) is 3.91. The summed E-state index contributed by atoms with van der Waals surface area (Å²) in [6.07, 6.45) is 1.31. The van der Waals surface area contributed by atoms with E-state index in [0.717, 1.165) is 0 Å². The smallest absolute Gasteiger partial charge is 0.280 e. The Labute approximate surface area is 130 Å². The number of rotatable bonds is 5. The minimum Gasteiger partial charge on any atom is -0.497 e. The lowest BCUT2D eigenvalue weighted by Gasteiger charge is -2.07. The molecule has 2 heterocycles. The van der Waals surface area contributed by atoms with E-state index in [1.54, 1.807) is 32.4 Å². The predicted octanol–water partition coefficient (Wildman–Crippen LogP) is 1.73. The summed E-state index contributed by atoms with van der Waals surface area (Å²) in [4.78, 5) is 16.1. The quantitative estimate of drug-likeness (QED) is 0.736. The molecule has 118 valence electrons.